The van der Waals surface area contributed by atoms with Gasteiger partial charge in [-0.25, -0.2) is 9.97 Å². The lowest BCUT2D eigenvalue weighted by Gasteiger charge is -2.01. The summed E-state index contributed by atoms with van der Waals surface area (Å²) in [4.78, 5) is 20.0. The first-order valence-corrected chi connectivity index (χ1v) is 6.50. The number of hydrogen-bond donors (Lipinski definition) is 0. The Morgan fingerprint density at radius 2 is 2.24 bits per heavy atom. The Kier molecular flexibility index (Phi) is 3.81. The van der Waals surface area contributed by atoms with Crippen LogP contribution in [0.2, 0.25) is 10.4 Å². The van der Waals surface area contributed by atoms with Crippen LogP contribution in [0.1, 0.15) is 12.5 Å². The lowest BCUT2D eigenvalue weighted by molar-refractivity contribution is -0.142. The van der Waals surface area contributed by atoms with Crippen LogP contribution in [0.3, 0.4) is 0 Å². The van der Waals surface area contributed by atoms with Crippen LogP contribution in [0, 0.1) is 0 Å². The maximum Gasteiger partial charge on any atom is 0.310 e. The van der Waals surface area contributed by atoms with Crippen molar-refractivity contribution in [3.8, 4) is 0 Å². The second-order valence-electron chi connectivity index (χ2n) is 3.21. The molecule has 17 heavy (non-hydrogen) atoms. The van der Waals surface area contributed by atoms with Crippen LogP contribution in [0.4, 0.5) is 0 Å². The van der Waals surface area contributed by atoms with E-state index in [1.165, 1.54) is 11.3 Å². The van der Waals surface area contributed by atoms with E-state index in [9.17, 15) is 4.79 Å². The lowest BCUT2D eigenvalue weighted by atomic mass is 10.2. The minimum absolute atomic E-state index is 0.104. The summed E-state index contributed by atoms with van der Waals surface area (Å²) in [5, 5.41) is 2.86. The molecule has 0 aliphatic heterocycles. The van der Waals surface area contributed by atoms with Gasteiger partial charge in [-0.05, 0) is 29.5 Å². The highest BCUT2D eigenvalue weighted by molar-refractivity contribution is 7.17. The molecule has 2 rings (SSSR count). The van der Waals surface area contributed by atoms with E-state index in [1.807, 2.05) is 5.38 Å². The number of carbonyl (C=O) groups is 1. The molecular formula is C10H8Cl2N2O2S. The van der Waals surface area contributed by atoms with E-state index in [4.69, 9.17) is 27.9 Å². The van der Waals surface area contributed by atoms with Crippen molar-refractivity contribution in [3.63, 3.8) is 0 Å². The summed E-state index contributed by atoms with van der Waals surface area (Å²) < 4.78 is 4.88. The van der Waals surface area contributed by atoms with Gasteiger partial charge in [0.2, 0.25) is 5.28 Å². The normalized spacial score (nSPS) is 10.8. The molecule has 0 aliphatic rings. The van der Waals surface area contributed by atoms with Crippen LogP contribution >= 0.6 is 34.5 Å². The fraction of sp³-hybridized carbons (Fsp3) is 0.300. The average molecular weight is 291 g/mol. The van der Waals surface area contributed by atoms with Crippen LogP contribution in [-0.4, -0.2) is 22.5 Å². The van der Waals surface area contributed by atoms with Crippen LogP contribution in [0.15, 0.2) is 5.38 Å². The van der Waals surface area contributed by atoms with Gasteiger partial charge in [0.05, 0.1) is 18.4 Å². The number of rotatable bonds is 3. The maximum atomic E-state index is 11.4. The zero-order valence-electron chi connectivity index (χ0n) is 8.87. The number of ether oxygens (including phenoxy) is 1. The zero-order valence-corrected chi connectivity index (χ0v) is 11.2. The molecule has 2 heterocycles. The van der Waals surface area contributed by atoms with Gasteiger partial charge in [0.1, 0.15) is 9.98 Å². The number of halogens is 2. The molecule has 0 bridgehead atoms. The van der Waals surface area contributed by atoms with E-state index in [1.54, 1.807) is 6.92 Å². The molecule has 2 aromatic heterocycles. The van der Waals surface area contributed by atoms with E-state index in [0.29, 0.717) is 16.8 Å². The number of hydrogen-bond acceptors (Lipinski definition) is 5. The molecule has 0 atom stereocenters. The highest BCUT2D eigenvalue weighted by Crippen LogP contribution is 2.31. The van der Waals surface area contributed by atoms with E-state index < -0.39 is 0 Å². The minimum atomic E-state index is -0.293. The third-order valence-corrected chi connectivity index (χ3v) is 3.44. The molecule has 0 N–H and O–H groups in total. The van der Waals surface area contributed by atoms with Gasteiger partial charge >= 0.3 is 5.97 Å². The van der Waals surface area contributed by atoms with Gasteiger partial charge in [0.15, 0.2) is 0 Å². The molecular weight excluding hydrogens is 283 g/mol. The largest absolute Gasteiger partial charge is 0.466 e. The van der Waals surface area contributed by atoms with Gasteiger partial charge in [-0.2, -0.15) is 0 Å². The Morgan fingerprint density at radius 1 is 1.47 bits per heavy atom. The van der Waals surface area contributed by atoms with Gasteiger partial charge in [-0.3, -0.25) is 4.79 Å². The van der Waals surface area contributed by atoms with Gasteiger partial charge < -0.3 is 4.74 Å². The van der Waals surface area contributed by atoms with Crippen molar-refractivity contribution >= 4 is 50.7 Å². The zero-order chi connectivity index (χ0) is 12.4. The molecule has 0 fully saturated rings. The van der Waals surface area contributed by atoms with Crippen molar-refractivity contribution in [2.45, 2.75) is 13.3 Å². The summed E-state index contributed by atoms with van der Waals surface area (Å²) in [6, 6.07) is 0. The number of nitrogens with zero attached hydrogens (tertiary/aromatic N) is 2. The van der Waals surface area contributed by atoms with E-state index in [-0.39, 0.29) is 22.8 Å². The third-order valence-electron chi connectivity index (χ3n) is 2.08. The summed E-state index contributed by atoms with van der Waals surface area (Å²) in [7, 11) is 0. The highest BCUT2D eigenvalue weighted by Gasteiger charge is 2.15. The molecule has 90 valence electrons. The molecule has 0 amide bonds. The van der Waals surface area contributed by atoms with Crippen LogP contribution in [0.5, 0.6) is 0 Å². The molecule has 0 aromatic carbocycles. The number of fused-ring (bicyclic) bond motifs is 1. The van der Waals surface area contributed by atoms with Gasteiger partial charge in [0.25, 0.3) is 0 Å². The predicted octanol–water partition coefficient (Wildman–Crippen LogP) is 3.10. The van der Waals surface area contributed by atoms with Crippen molar-refractivity contribution < 1.29 is 9.53 Å². The smallest absolute Gasteiger partial charge is 0.310 e. The minimum Gasteiger partial charge on any atom is -0.466 e. The second kappa shape index (κ2) is 5.16. The maximum absolute atomic E-state index is 11.4. The fourth-order valence-electron chi connectivity index (χ4n) is 1.43. The first kappa shape index (κ1) is 12.5. The Labute approximate surface area is 112 Å². The van der Waals surface area contributed by atoms with Crippen molar-refractivity contribution in [2.75, 3.05) is 6.61 Å². The van der Waals surface area contributed by atoms with Gasteiger partial charge in [-0.1, -0.05) is 11.6 Å². The number of aromatic nitrogens is 2. The first-order valence-electron chi connectivity index (χ1n) is 4.86. The highest BCUT2D eigenvalue weighted by atomic mass is 35.5. The van der Waals surface area contributed by atoms with Gasteiger partial charge in [0, 0.05) is 0 Å². The number of carbonyl (C=O) groups excluding carboxylic acids is 1. The Balaban J connectivity index is 2.39. The van der Waals surface area contributed by atoms with Crippen molar-refractivity contribution in [2.24, 2.45) is 0 Å². The Morgan fingerprint density at radius 3 is 2.94 bits per heavy atom. The average Bonchev–Trinajstić information content (AvgIpc) is 2.61. The molecule has 0 radical (unpaired) electrons. The molecule has 0 spiro atoms. The fourth-order valence-corrected chi connectivity index (χ4v) is 2.98. The molecule has 4 nitrogen and oxygen atoms in total. The number of esters is 1. The van der Waals surface area contributed by atoms with Crippen molar-refractivity contribution in [1.29, 1.82) is 0 Å². The van der Waals surface area contributed by atoms with E-state index >= 15 is 0 Å². The monoisotopic (exact) mass is 290 g/mol. The summed E-state index contributed by atoms with van der Waals surface area (Å²) in [5.41, 5.74) is 0.769. The Bertz CT molecular complexity index is 571. The predicted molar refractivity (Wildman–Crippen MR) is 67.8 cm³/mol. The molecule has 0 aliphatic carbocycles. The van der Waals surface area contributed by atoms with Crippen molar-refractivity contribution in [1.82, 2.24) is 9.97 Å². The summed E-state index contributed by atoms with van der Waals surface area (Å²) in [5.74, 6) is -0.293. The van der Waals surface area contributed by atoms with Crippen LogP contribution in [0.25, 0.3) is 10.2 Å². The quantitative estimate of drug-likeness (QED) is 0.495. The second-order valence-corrected chi connectivity index (χ2v) is 4.76. The molecule has 7 heteroatoms. The number of thiophene rings is 1. The van der Waals surface area contributed by atoms with Crippen LogP contribution in [-0.2, 0) is 16.0 Å². The molecule has 0 saturated carbocycles. The van der Waals surface area contributed by atoms with E-state index in [2.05, 4.69) is 9.97 Å². The molecule has 2 aromatic rings. The Hall–Kier alpha value is -0.910. The van der Waals surface area contributed by atoms with Crippen LogP contribution < -0.4 is 0 Å². The standard InChI is InChI=1S/C10H8Cl2N2O2S/c1-2-16-6(15)3-5-4-17-9-7(5)8(11)13-10(12)14-9/h4H,2-3H2,1H3. The summed E-state index contributed by atoms with van der Waals surface area (Å²) in [6.07, 6.45) is 0.165. The third kappa shape index (κ3) is 2.68. The lowest BCUT2D eigenvalue weighted by Crippen LogP contribution is -2.07. The summed E-state index contributed by atoms with van der Waals surface area (Å²) in [6.45, 7) is 2.12. The topological polar surface area (TPSA) is 52.1 Å². The molecule has 0 unspecified atom stereocenters. The SMILES string of the molecule is CCOC(=O)Cc1csc2nc(Cl)nc(Cl)c12. The van der Waals surface area contributed by atoms with Gasteiger partial charge in [-0.15, -0.1) is 11.3 Å². The first-order chi connectivity index (χ1) is 8.11. The van der Waals surface area contributed by atoms with Crippen molar-refractivity contribution in [3.05, 3.63) is 21.4 Å². The summed E-state index contributed by atoms with van der Waals surface area (Å²) >= 11 is 13.1. The molecule has 0 saturated heterocycles. The van der Waals surface area contributed by atoms with E-state index in [0.717, 1.165) is 5.56 Å².